The van der Waals surface area contributed by atoms with Crippen LogP contribution in [-0.4, -0.2) is 36.1 Å². The van der Waals surface area contributed by atoms with E-state index < -0.39 is 25.6 Å². The molecule has 2 rings (SSSR count). The number of sulfone groups is 2. The minimum Gasteiger partial charge on any atom is -0.497 e. The van der Waals surface area contributed by atoms with E-state index in [2.05, 4.69) is 0 Å². The smallest absolute Gasteiger partial charge is 0.202 e. The van der Waals surface area contributed by atoms with Crippen LogP contribution in [0.1, 0.15) is 5.56 Å². The van der Waals surface area contributed by atoms with Gasteiger partial charge in [-0.1, -0.05) is 18.2 Å². The highest BCUT2D eigenvalue weighted by atomic mass is 32.2. The van der Waals surface area contributed by atoms with Gasteiger partial charge in [0.2, 0.25) is 9.84 Å². The SMILES string of the molecule is COc1ccc(COCS(=O)(=O)c2cccc(S(C)(=O)=O)c2)cc1. The number of hydrogen-bond acceptors (Lipinski definition) is 6. The van der Waals surface area contributed by atoms with Crippen molar-refractivity contribution in [2.75, 3.05) is 19.3 Å². The van der Waals surface area contributed by atoms with E-state index in [9.17, 15) is 16.8 Å². The highest BCUT2D eigenvalue weighted by molar-refractivity contribution is 7.91. The Morgan fingerprint density at radius 2 is 1.54 bits per heavy atom. The van der Waals surface area contributed by atoms with Crippen molar-refractivity contribution >= 4 is 19.7 Å². The first-order chi connectivity index (χ1) is 11.2. The monoisotopic (exact) mass is 370 g/mol. The predicted octanol–water partition coefficient (Wildman–Crippen LogP) is 2.05. The average Bonchev–Trinajstić information content (AvgIpc) is 2.55. The quantitative estimate of drug-likeness (QED) is 0.741. The van der Waals surface area contributed by atoms with E-state index in [1.807, 2.05) is 0 Å². The summed E-state index contributed by atoms with van der Waals surface area (Å²) in [6.07, 6.45) is 1.03. The van der Waals surface area contributed by atoms with Crippen LogP contribution in [-0.2, 0) is 31.0 Å². The van der Waals surface area contributed by atoms with Crippen LogP contribution in [0.5, 0.6) is 5.75 Å². The Morgan fingerprint density at radius 3 is 2.12 bits per heavy atom. The minimum atomic E-state index is -3.74. The molecule has 2 aromatic rings. The van der Waals surface area contributed by atoms with Crippen molar-refractivity contribution in [3.63, 3.8) is 0 Å². The fourth-order valence-corrected chi connectivity index (χ4v) is 3.73. The summed E-state index contributed by atoms with van der Waals surface area (Å²) >= 11 is 0. The van der Waals surface area contributed by atoms with Gasteiger partial charge in [0, 0.05) is 6.26 Å². The first kappa shape index (κ1) is 18.4. The molecule has 0 aromatic heterocycles. The summed E-state index contributed by atoms with van der Waals surface area (Å²) < 4.78 is 57.9. The first-order valence-electron chi connectivity index (χ1n) is 6.96. The van der Waals surface area contributed by atoms with E-state index in [1.54, 1.807) is 31.4 Å². The molecule has 2 aromatic carbocycles. The van der Waals surface area contributed by atoms with Gasteiger partial charge in [-0.25, -0.2) is 16.8 Å². The van der Waals surface area contributed by atoms with Gasteiger partial charge < -0.3 is 9.47 Å². The summed E-state index contributed by atoms with van der Waals surface area (Å²) in [6.45, 7) is 0.120. The third kappa shape index (κ3) is 4.80. The van der Waals surface area contributed by atoms with Crippen LogP contribution in [0.3, 0.4) is 0 Å². The van der Waals surface area contributed by atoms with Gasteiger partial charge >= 0.3 is 0 Å². The van der Waals surface area contributed by atoms with Crippen molar-refractivity contribution in [2.24, 2.45) is 0 Å². The molecule has 0 aliphatic rings. The summed E-state index contributed by atoms with van der Waals surface area (Å²) in [5.74, 6) is 0.163. The zero-order chi connectivity index (χ0) is 17.8. The van der Waals surface area contributed by atoms with E-state index in [4.69, 9.17) is 9.47 Å². The largest absolute Gasteiger partial charge is 0.497 e. The van der Waals surface area contributed by atoms with Crippen LogP contribution >= 0.6 is 0 Å². The summed E-state index contributed by atoms with van der Waals surface area (Å²) in [5.41, 5.74) is 0.802. The zero-order valence-electron chi connectivity index (χ0n) is 13.3. The van der Waals surface area contributed by atoms with Crippen molar-refractivity contribution < 1.29 is 26.3 Å². The van der Waals surface area contributed by atoms with Gasteiger partial charge in [-0.05, 0) is 35.9 Å². The molecule has 130 valence electrons. The number of benzene rings is 2. The topological polar surface area (TPSA) is 86.7 Å². The maximum atomic E-state index is 12.3. The highest BCUT2D eigenvalue weighted by Crippen LogP contribution is 2.18. The molecule has 24 heavy (non-hydrogen) atoms. The molecular formula is C16H18O6S2. The molecule has 0 heterocycles. The average molecular weight is 370 g/mol. The van der Waals surface area contributed by atoms with E-state index in [1.165, 1.54) is 18.2 Å². The summed E-state index contributed by atoms with van der Waals surface area (Å²) in [4.78, 5) is -0.126. The summed E-state index contributed by atoms with van der Waals surface area (Å²) in [6, 6.07) is 12.3. The van der Waals surface area contributed by atoms with E-state index >= 15 is 0 Å². The second-order valence-corrected chi connectivity index (χ2v) is 9.13. The van der Waals surface area contributed by atoms with E-state index in [0.29, 0.717) is 5.75 Å². The van der Waals surface area contributed by atoms with Gasteiger partial charge in [0.15, 0.2) is 15.8 Å². The standard InChI is InChI=1S/C16H18O6S2/c1-21-14-8-6-13(7-9-14)11-22-12-24(19,20)16-5-3-4-15(10-16)23(2,17)18/h3-10H,11-12H2,1-2H3. The van der Waals surface area contributed by atoms with E-state index in [0.717, 1.165) is 17.9 Å². The number of hydrogen-bond donors (Lipinski definition) is 0. The van der Waals surface area contributed by atoms with Gasteiger partial charge in [0.05, 0.1) is 23.5 Å². The Balaban J connectivity index is 2.05. The van der Waals surface area contributed by atoms with Gasteiger partial charge in [-0.15, -0.1) is 0 Å². The van der Waals surface area contributed by atoms with Crippen LogP contribution < -0.4 is 4.74 Å². The third-order valence-electron chi connectivity index (χ3n) is 3.26. The molecule has 0 radical (unpaired) electrons. The molecule has 0 spiro atoms. The first-order valence-corrected chi connectivity index (χ1v) is 10.5. The summed E-state index contributed by atoms with van der Waals surface area (Å²) in [5, 5.41) is 0. The summed E-state index contributed by atoms with van der Waals surface area (Å²) in [7, 11) is -5.65. The van der Waals surface area contributed by atoms with Crippen LogP contribution in [0, 0.1) is 0 Å². The van der Waals surface area contributed by atoms with Gasteiger partial charge in [0.25, 0.3) is 0 Å². The van der Waals surface area contributed by atoms with Crippen molar-refractivity contribution in [3.8, 4) is 5.75 Å². The Kier molecular flexibility index (Phi) is 5.63. The van der Waals surface area contributed by atoms with Crippen LogP contribution in [0.2, 0.25) is 0 Å². The molecule has 0 fully saturated rings. The molecule has 0 aliphatic carbocycles. The number of ether oxygens (including phenoxy) is 2. The molecule has 0 atom stereocenters. The lowest BCUT2D eigenvalue weighted by atomic mass is 10.2. The molecule has 0 bridgehead atoms. The van der Waals surface area contributed by atoms with Crippen LogP contribution in [0.4, 0.5) is 0 Å². The van der Waals surface area contributed by atoms with Gasteiger partial charge in [-0.2, -0.15) is 0 Å². The molecule has 0 amide bonds. The molecule has 0 N–H and O–H groups in total. The van der Waals surface area contributed by atoms with E-state index in [-0.39, 0.29) is 16.4 Å². The lowest BCUT2D eigenvalue weighted by molar-refractivity contribution is 0.163. The number of rotatable bonds is 7. The highest BCUT2D eigenvalue weighted by Gasteiger charge is 2.17. The maximum Gasteiger partial charge on any atom is 0.202 e. The van der Waals surface area contributed by atoms with Crippen LogP contribution in [0.25, 0.3) is 0 Å². The Labute approximate surface area is 141 Å². The molecule has 0 aliphatic heterocycles. The molecule has 0 saturated carbocycles. The van der Waals surface area contributed by atoms with Crippen molar-refractivity contribution in [1.82, 2.24) is 0 Å². The minimum absolute atomic E-state index is 0.0428. The van der Waals surface area contributed by atoms with Crippen molar-refractivity contribution in [3.05, 3.63) is 54.1 Å². The third-order valence-corrected chi connectivity index (χ3v) is 5.82. The van der Waals surface area contributed by atoms with Crippen LogP contribution in [0.15, 0.2) is 58.3 Å². The molecule has 8 heteroatoms. The second kappa shape index (κ2) is 7.33. The molecule has 0 saturated heterocycles. The van der Waals surface area contributed by atoms with Crippen molar-refractivity contribution in [2.45, 2.75) is 16.4 Å². The van der Waals surface area contributed by atoms with Gasteiger partial charge in [-0.3, -0.25) is 0 Å². The lowest BCUT2D eigenvalue weighted by Gasteiger charge is -2.08. The second-order valence-electron chi connectivity index (χ2n) is 5.18. The predicted molar refractivity (Wildman–Crippen MR) is 89.4 cm³/mol. The van der Waals surface area contributed by atoms with Gasteiger partial charge in [0.1, 0.15) is 5.75 Å². The fourth-order valence-electron chi connectivity index (χ4n) is 1.96. The zero-order valence-corrected chi connectivity index (χ0v) is 14.9. The number of methoxy groups -OCH3 is 1. The van der Waals surface area contributed by atoms with Crippen molar-refractivity contribution in [1.29, 1.82) is 0 Å². The Hall–Kier alpha value is -1.90. The Morgan fingerprint density at radius 1 is 0.917 bits per heavy atom. The molecular weight excluding hydrogens is 352 g/mol. The maximum absolute atomic E-state index is 12.3. The fraction of sp³-hybridized carbons (Fsp3) is 0.250. The Bertz CT molecular complexity index is 900. The normalized spacial score (nSPS) is 12.1. The molecule has 0 unspecified atom stereocenters. The lowest BCUT2D eigenvalue weighted by Crippen LogP contribution is -2.11. The molecule has 6 nitrogen and oxygen atoms in total.